The van der Waals surface area contributed by atoms with Gasteiger partial charge in [0.25, 0.3) is 11.6 Å². The van der Waals surface area contributed by atoms with Crippen molar-refractivity contribution in [1.29, 1.82) is 0 Å². The summed E-state index contributed by atoms with van der Waals surface area (Å²) in [5.74, 6) is -0.459. The molecule has 1 aromatic heterocycles. The minimum Gasteiger partial charge on any atom is -0.320 e. The minimum atomic E-state index is -0.496. The second-order valence-electron chi connectivity index (χ2n) is 3.80. The Kier molecular flexibility index (Phi) is 3.48. The van der Waals surface area contributed by atoms with Crippen LogP contribution in [0, 0.1) is 17.0 Å². The third-order valence-corrected chi connectivity index (χ3v) is 2.78. The predicted octanol–water partition coefficient (Wildman–Crippen LogP) is 2.53. The van der Waals surface area contributed by atoms with Crippen LogP contribution in [0.4, 0.5) is 11.4 Å². The number of carbonyl (C=O) groups is 1. The van der Waals surface area contributed by atoms with Gasteiger partial charge in [0.2, 0.25) is 0 Å². The molecule has 2 N–H and O–H groups in total. The van der Waals surface area contributed by atoms with Crippen LogP contribution in [0.1, 0.15) is 16.1 Å². The van der Waals surface area contributed by atoms with Crippen molar-refractivity contribution < 1.29 is 9.72 Å². The van der Waals surface area contributed by atoms with Crippen LogP contribution in [0.25, 0.3) is 0 Å². The first-order chi connectivity index (χ1) is 8.99. The fourth-order valence-electron chi connectivity index (χ4n) is 1.52. The van der Waals surface area contributed by atoms with Crippen LogP contribution in [0.5, 0.6) is 0 Å². The van der Waals surface area contributed by atoms with Gasteiger partial charge in [0.15, 0.2) is 0 Å². The molecule has 1 heterocycles. The highest BCUT2D eigenvalue weighted by Crippen LogP contribution is 2.22. The third-order valence-electron chi connectivity index (χ3n) is 2.49. The van der Waals surface area contributed by atoms with Crippen molar-refractivity contribution in [3.05, 3.63) is 50.8 Å². The fraction of sp³-hybridized carbons (Fsp3) is 0.0909. The SMILES string of the molecule is Cc1cc([N+](=O)[O-])ccc1NC(=O)c1[nH]ncc1Cl. The average molecular weight is 281 g/mol. The molecule has 0 spiro atoms. The molecular weight excluding hydrogens is 272 g/mol. The van der Waals surface area contributed by atoms with E-state index < -0.39 is 10.8 Å². The fourth-order valence-corrected chi connectivity index (χ4v) is 1.69. The molecule has 0 saturated carbocycles. The van der Waals surface area contributed by atoms with Crippen LogP contribution in [-0.2, 0) is 0 Å². The molecule has 0 fully saturated rings. The average Bonchev–Trinajstić information content (AvgIpc) is 2.77. The van der Waals surface area contributed by atoms with Gasteiger partial charge in [0.05, 0.1) is 16.1 Å². The number of anilines is 1. The predicted molar refractivity (Wildman–Crippen MR) is 69.4 cm³/mol. The summed E-state index contributed by atoms with van der Waals surface area (Å²) in [5, 5.41) is 19.5. The Labute approximate surface area is 112 Å². The number of nitrogens with zero attached hydrogens (tertiary/aromatic N) is 2. The van der Waals surface area contributed by atoms with Gasteiger partial charge in [-0.1, -0.05) is 11.6 Å². The number of non-ortho nitro benzene ring substituents is 1. The maximum Gasteiger partial charge on any atom is 0.275 e. The zero-order valence-electron chi connectivity index (χ0n) is 9.81. The number of nitrogens with one attached hydrogen (secondary N) is 2. The summed E-state index contributed by atoms with van der Waals surface area (Å²) >= 11 is 5.76. The number of nitro groups is 1. The van der Waals surface area contributed by atoms with E-state index in [0.717, 1.165) is 0 Å². The van der Waals surface area contributed by atoms with Crippen LogP contribution in [0.15, 0.2) is 24.4 Å². The van der Waals surface area contributed by atoms with Gasteiger partial charge in [-0.2, -0.15) is 5.10 Å². The van der Waals surface area contributed by atoms with E-state index in [1.54, 1.807) is 6.92 Å². The molecule has 0 atom stereocenters. The van der Waals surface area contributed by atoms with Gasteiger partial charge in [0, 0.05) is 17.8 Å². The first kappa shape index (κ1) is 13.0. The van der Waals surface area contributed by atoms with Crippen molar-refractivity contribution in [2.45, 2.75) is 6.92 Å². The topological polar surface area (TPSA) is 101 Å². The number of benzene rings is 1. The molecule has 0 saturated heterocycles. The molecule has 7 nitrogen and oxygen atoms in total. The van der Waals surface area contributed by atoms with Crippen molar-refractivity contribution in [1.82, 2.24) is 10.2 Å². The van der Waals surface area contributed by atoms with Gasteiger partial charge in [-0.05, 0) is 18.6 Å². The zero-order chi connectivity index (χ0) is 14.0. The monoisotopic (exact) mass is 280 g/mol. The number of rotatable bonds is 3. The van der Waals surface area contributed by atoms with E-state index in [0.29, 0.717) is 11.3 Å². The lowest BCUT2D eigenvalue weighted by molar-refractivity contribution is -0.384. The van der Waals surface area contributed by atoms with Crippen LogP contribution in [-0.4, -0.2) is 21.0 Å². The lowest BCUT2D eigenvalue weighted by Crippen LogP contribution is -2.13. The third kappa shape index (κ3) is 2.71. The molecular formula is C11H9ClN4O3. The van der Waals surface area contributed by atoms with Gasteiger partial charge < -0.3 is 5.32 Å². The summed E-state index contributed by atoms with van der Waals surface area (Å²) in [7, 11) is 0. The number of hydrogen-bond acceptors (Lipinski definition) is 4. The largest absolute Gasteiger partial charge is 0.320 e. The van der Waals surface area contributed by atoms with Gasteiger partial charge >= 0.3 is 0 Å². The molecule has 0 aliphatic carbocycles. The molecule has 1 amide bonds. The molecule has 2 rings (SSSR count). The van der Waals surface area contributed by atoms with Crippen LogP contribution in [0.3, 0.4) is 0 Å². The Morgan fingerprint density at radius 1 is 1.53 bits per heavy atom. The first-order valence-electron chi connectivity index (χ1n) is 5.24. The van der Waals surface area contributed by atoms with E-state index in [4.69, 9.17) is 11.6 Å². The van der Waals surface area contributed by atoms with Gasteiger partial charge in [0.1, 0.15) is 5.69 Å². The minimum absolute atomic E-state index is 0.0323. The number of H-pyrrole nitrogens is 1. The highest BCUT2D eigenvalue weighted by Gasteiger charge is 2.15. The van der Waals surface area contributed by atoms with Gasteiger partial charge in [-0.25, -0.2) is 0 Å². The molecule has 0 bridgehead atoms. The van der Waals surface area contributed by atoms with E-state index in [1.165, 1.54) is 24.4 Å². The van der Waals surface area contributed by atoms with Gasteiger partial charge in [-0.3, -0.25) is 20.0 Å². The van der Waals surface area contributed by atoms with E-state index in [1.807, 2.05) is 0 Å². The first-order valence-corrected chi connectivity index (χ1v) is 5.62. The maximum absolute atomic E-state index is 11.9. The molecule has 8 heteroatoms. The molecule has 0 radical (unpaired) electrons. The van der Waals surface area contributed by atoms with Crippen molar-refractivity contribution in [3.63, 3.8) is 0 Å². The van der Waals surface area contributed by atoms with Gasteiger partial charge in [-0.15, -0.1) is 0 Å². The molecule has 19 heavy (non-hydrogen) atoms. The van der Waals surface area contributed by atoms with E-state index >= 15 is 0 Å². The number of carbonyl (C=O) groups excluding carboxylic acids is 1. The highest BCUT2D eigenvalue weighted by atomic mass is 35.5. The standard InChI is InChI=1S/C11H9ClN4O3/c1-6-4-7(16(18)19)2-3-9(6)14-11(17)10-8(12)5-13-15-10/h2-5H,1H3,(H,13,15)(H,14,17). The summed E-state index contributed by atoms with van der Waals surface area (Å²) in [6.07, 6.45) is 1.32. The number of amides is 1. The number of aromatic nitrogens is 2. The van der Waals surface area contributed by atoms with Crippen LogP contribution >= 0.6 is 11.6 Å². The van der Waals surface area contributed by atoms with Crippen LogP contribution in [0.2, 0.25) is 5.02 Å². The van der Waals surface area contributed by atoms with Crippen molar-refractivity contribution in [2.75, 3.05) is 5.32 Å². The van der Waals surface area contributed by atoms with E-state index in [-0.39, 0.29) is 16.4 Å². The van der Waals surface area contributed by atoms with Crippen molar-refractivity contribution in [3.8, 4) is 0 Å². The lowest BCUT2D eigenvalue weighted by atomic mass is 10.1. The normalized spacial score (nSPS) is 10.2. The number of halogens is 1. The summed E-state index contributed by atoms with van der Waals surface area (Å²) in [6.45, 7) is 1.66. The molecule has 0 aliphatic heterocycles. The van der Waals surface area contributed by atoms with E-state index in [9.17, 15) is 14.9 Å². The lowest BCUT2D eigenvalue weighted by Gasteiger charge is -2.07. The Bertz CT molecular complexity index is 653. The Balaban J connectivity index is 2.23. The Hall–Kier alpha value is -2.41. The number of hydrogen-bond donors (Lipinski definition) is 2. The summed E-state index contributed by atoms with van der Waals surface area (Å²) in [6, 6.07) is 4.16. The second kappa shape index (κ2) is 5.07. The molecule has 1 aromatic carbocycles. The molecule has 98 valence electrons. The molecule has 2 aromatic rings. The highest BCUT2D eigenvalue weighted by molar-refractivity contribution is 6.34. The van der Waals surface area contributed by atoms with E-state index in [2.05, 4.69) is 15.5 Å². The number of nitro benzene ring substituents is 1. The zero-order valence-corrected chi connectivity index (χ0v) is 10.6. The summed E-state index contributed by atoms with van der Waals surface area (Å²) < 4.78 is 0. The number of aromatic amines is 1. The maximum atomic E-state index is 11.9. The quantitative estimate of drug-likeness (QED) is 0.666. The summed E-state index contributed by atoms with van der Waals surface area (Å²) in [4.78, 5) is 22.0. The van der Waals surface area contributed by atoms with Crippen LogP contribution < -0.4 is 5.32 Å². The number of aryl methyl sites for hydroxylation is 1. The second-order valence-corrected chi connectivity index (χ2v) is 4.21. The Morgan fingerprint density at radius 3 is 2.79 bits per heavy atom. The van der Waals surface area contributed by atoms with Crippen molar-refractivity contribution in [2.24, 2.45) is 0 Å². The summed E-state index contributed by atoms with van der Waals surface area (Å²) in [5.41, 5.74) is 1.16. The van der Waals surface area contributed by atoms with Crippen molar-refractivity contribution >= 4 is 28.9 Å². The molecule has 0 unspecified atom stereocenters. The Morgan fingerprint density at radius 2 is 2.26 bits per heavy atom. The molecule has 0 aliphatic rings. The smallest absolute Gasteiger partial charge is 0.275 e.